The number of hydrogen-bond acceptors (Lipinski definition) is 2. The number of anilines is 1. The zero-order chi connectivity index (χ0) is 28.5. The highest BCUT2D eigenvalue weighted by Gasteiger charge is 2.33. The Morgan fingerprint density at radius 1 is 1.00 bits per heavy atom. The maximum absolute atomic E-state index is 6.68. The quantitative estimate of drug-likeness (QED) is 0.153. The average Bonchev–Trinajstić information content (AvgIpc) is 3.19. The minimum atomic E-state index is -0.410. The van der Waals surface area contributed by atoms with Crippen LogP contribution in [0.25, 0.3) is 5.57 Å². The first-order valence-electron chi connectivity index (χ1n) is 13.9. The minimum Gasteiger partial charge on any atom is -0.398 e. The van der Waals surface area contributed by atoms with Gasteiger partial charge in [-0.05, 0) is 80.4 Å². The fourth-order valence-electron chi connectivity index (χ4n) is 5.22. The second-order valence-corrected chi connectivity index (χ2v) is 11.4. The van der Waals surface area contributed by atoms with Gasteiger partial charge in [0.2, 0.25) is 0 Å². The van der Waals surface area contributed by atoms with Crippen molar-refractivity contribution in [1.82, 2.24) is 0 Å². The van der Waals surface area contributed by atoms with E-state index in [0.29, 0.717) is 6.42 Å². The molecule has 1 atom stereocenters. The molecule has 0 bridgehead atoms. The highest BCUT2D eigenvalue weighted by molar-refractivity contribution is 5.86. The van der Waals surface area contributed by atoms with Crippen molar-refractivity contribution in [3.8, 4) is 12.0 Å². The van der Waals surface area contributed by atoms with Crippen LogP contribution >= 0.6 is 0 Å². The van der Waals surface area contributed by atoms with Gasteiger partial charge < -0.3 is 5.73 Å². The van der Waals surface area contributed by atoms with Crippen molar-refractivity contribution in [2.24, 2.45) is 10.4 Å². The van der Waals surface area contributed by atoms with Crippen LogP contribution in [0.3, 0.4) is 0 Å². The first kappa shape index (κ1) is 29.7. The predicted molar refractivity (Wildman–Crippen MR) is 172 cm³/mol. The number of benzene rings is 2. The Hall–Kier alpha value is -3.83. The Morgan fingerprint density at radius 2 is 1.77 bits per heavy atom. The molecule has 1 heterocycles. The van der Waals surface area contributed by atoms with Crippen molar-refractivity contribution in [2.45, 2.75) is 73.1 Å². The topological polar surface area (TPSA) is 38.4 Å². The van der Waals surface area contributed by atoms with E-state index in [0.717, 1.165) is 29.7 Å². The van der Waals surface area contributed by atoms with Crippen LogP contribution in [0.4, 0.5) is 5.69 Å². The second kappa shape index (κ2) is 13.3. The molecule has 0 amide bonds. The van der Waals surface area contributed by atoms with E-state index < -0.39 is 5.41 Å². The van der Waals surface area contributed by atoms with Crippen LogP contribution in [0.5, 0.6) is 0 Å². The lowest BCUT2D eigenvalue weighted by Gasteiger charge is -2.33. The normalized spacial score (nSPS) is 16.1. The molecule has 0 saturated heterocycles. The fraction of sp³-hybridized carbons (Fsp3) is 0.324. The molecule has 2 heteroatoms. The molecule has 2 aromatic carbocycles. The van der Waals surface area contributed by atoms with Crippen molar-refractivity contribution < 1.29 is 0 Å². The van der Waals surface area contributed by atoms with Gasteiger partial charge in [-0.3, -0.25) is 0 Å². The lowest BCUT2D eigenvalue weighted by Crippen LogP contribution is -2.28. The fourth-order valence-corrected chi connectivity index (χ4v) is 5.22. The molecule has 0 aromatic heterocycles. The van der Waals surface area contributed by atoms with Gasteiger partial charge in [0.1, 0.15) is 0 Å². The second-order valence-electron chi connectivity index (χ2n) is 11.4. The molecule has 0 spiro atoms. The van der Waals surface area contributed by atoms with Crippen LogP contribution in [-0.2, 0) is 5.41 Å². The summed E-state index contributed by atoms with van der Waals surface area (Å²) in [6.45, 7) is 15.5. The molecule has 0 aliphatic carbocycles. The summed E-state index contributed by atoms with van der Waals surface area (Å²) in [6, 6.07) is 18.2. The summed E-state index contributed by atoms with van der Waals surface area (Å²) < 4.78 is 0. The zero-order valence-corrected chi connectivity index (χ0v) is 24.8. The number of nitrogens with two attached hydrogens (primary N) is 1. The summed E-state index contributed by atoms with van der Waals surface area (Å²) in [5, 5.41) is 0. The van der Waals surface area contributed by atoms with Crippen LogP contribution in [-0.4, -0.2) is 6.21 Å². The van der Waals surface area contributed by atoms with Gasteiger partial charge in [-0.2, -0.15) is 0 Å². The van der Waals surface area contributed by atoms with Crippen LogP contribution in [0.1, 0.15) is 83.1 Å². The number of aryl methyl sites for hydroxylation is 1. The molecule has 0 fully saturated rings. The van der Waals surface area contributed by atoms with Crippen LogP contribution in [0, 0.1) is 24.3 Å². The average molecular weight is 517 g/mol. The van der Waals surface area contributed by atoms with Crippen molar-refractivity contribution in [1.29, 1.82) is 0 Å². The summed E-state index contributed by atoms with van der Waals surface area (Å²) in [6.07, 6.45) is 19.5. The Labute approximate surface area is 236 Å². The molecular weight excluding hydrogens is 472 g/mol. The molecule has 202 valence electrons. The number of rotatable bonds is 9. The van der Waals surface area contributed by atoms with Gasteiger partial charge in [-0.25, -0.2) is 4.99 Å². The Morgan fingerprint density at radius 3 is 2.49 bits per heavy atom. The third-order valence-electron chi connectivity index (χ3n) is 7.54. The van der Waals surface area contributed by atoms with Crippen LogP contribution in [0.15, 0.2) is 101 Å². The van der Waals surface area contributed by atoms with Gasteiger partial charge >= 0.3 is 0 Å². The molecule has 0 radical (unpaired) electrons. The summed E-state index contributed by atoms with van der Waals surface area (Å²) in [4.78, 5) is 4.39. The van der Waals surface area contributed by atoms with Crippen LogP contribution in [0.2, 0.25) is 0 Å². The summed E-state index contributed by atoms with van der Waals surface area (Å²) >= 11 is 0. The van der Waals surface area contributed by atoms with Gasteiger partial charge in [0.05, 0.1) is 0 Å². The van der Waals surface area contributed by atoms with Gasteiger partial charge in [0.15, 0.2) is 0 Å². The van der Waals surface area contributed by atoms with Crippen LogP contribution < -0.4 is 5.73 Å². The monoisotopic (exact) mass is 516 g/mol. The standard InChI is InChI=1S/C37H44N2/c1-8-9-10-11-12-13-14-21-34(36(4,5)6)29(3)33-26-31(22-23-35(33)38)37(7,30-20-17-18-28(2)25-30)32-19-15-16-24-39-27-32/h8-11,13-14,17-20,22-23,25-27H,12,15,21,38H2,1-7H3/b9-8-,11-10-,14-13+,34-29+. The zero-order valence-electron chi connectivity index (χ0n) is 24.8. The molecule has 2 N–H and O–H groups in total. The van der Waals surface area contributed by atoms with Crippen molar-refractivity contribution in [3.05, 3.63) is 118 Å². The Kier molecular flexibility index (Phi) is 10.1. The van der Waals surface area contributed by atoms with E-state index in [1.807, 2.05) is 19.2 Å². The van der Waals surface area contributed by atoms with Crippen molar-refractivity contribution in [3.63, 3.8) is 0 Å². The van der Waals surface area contributed by atoms with E-state index in [2.05, 4.69) is 137 Å². The maximum atomic E-state index is 6.68. The molecule has 0 saturated carbocycles. The lowest BCUT2D eigenvalue weighted by molar-refractivity contribution is 0.495. The first-order chi connectivity index (χ1) is 18.6. The molecular formula is C37H44N2. The summed E-state index contributed by atoms with van der Waals surface area (Å²) in [5.74, 6) is 3.11. The smallest absolute Gasteiger partial charge is 0.0436 e. The predicted octanol–water partition coefficient (Wildman–Crippen LogP) is 9.53. The molecule has 2 aromatic rings. The number of hydrogen-bond donors (Lipinski definition) is 1. The molecule has 1 aliphatic rings. The molecule has 1 aliphatic heterocycles. The number of nitrogen functional groups attached to an aromatic ring is 1. The Bertz CT molecular complexity index is 1410. The minimum absolute atomic E-state index is 0.00527. The first-order valence-corrected chi connectivity index (χ1v) is 13.9. The summed E-state index contributed by atoms with van der Waals surface area (Å²) in [5.41, 5.74) is 15.6. The highest BCUT2D eigenvalue weighted by atomic mass is 14.7. The third-order valence-corrected chi connectivity index (χ3v) is 7.54. The van der Waals surface area contributed by atoms with E-state index in [1.54, 1.807) is 0 Å². The van der Waals surface area contributed by atoms with E-state index in [9.17, 15) is 0 Å². The van der Waals surface area contributed by atoms with E-state index in [4.69, 9.17) is 5.73 Å². The third kappa shape index (κ3) is 7.39. The molecule has 2 nitrogen and oxygen atoms in total. The van der Waals surface area contributed by atoms with E-state index in [1.165, 1.54) is 27.8 Å². The number of nitrogens with zero attached hydrogens (tertiary/aromatic N) is 1. The molecule has 1 unspecified atom stereocenters. The molecule has 3 rings (SSSR count). The lowest BCUT2D eigenvalue weighted by atomic mass is 9.69. The summed E-state index contributed by atoms with van der Waals surface area (Å²) in [7, 11) is 0. The van der Waals surface area contributed by atoms with Gasteiger partial charge in [0.25, 0.3) is 0 Å². The SMILES string of the molecule is C/C=C\C=C/C/C=C/C/C(=C(/C)c1cc(C(C)(C2=CCC#CN=C2)c2cccc(C)c2)ccc1N)C(C)(C)C. The van der Waals surface area contributed by atoms with E-state index in [-0.39, 0.29) is 5.41 Å². The Balaban J connectivity index is 2.13. The van der Waals surface area contributed by atoms with Gasteiger partial charge in [0, 0.05) is 35.3 Å². The number of allylic oxidation sites excluding steroid dienone is 10. The van der Waals surface area contributed by atoms with Crippen molar-refractivity contribution in [2.75, 3.05) is 5.73 Å². The molecule has 39 heavy (non-hydrogen) atoms. The highest BCUT2D eigenvalue weighted by Crippen LogP contribution is 2.43. The van der Waals surface area contributed by atoms with Gasteiger partial charge in [-0.1, -0.05) is 111 Å². The van der Waals surface area contributed by atoms with E-state index >= 15 is 0 Å². The number of aliphatic imine (C=N–C) groups is 1. The largest absolute Gasteiger partial charge is 0.398 e. The van der Waals surface area contributed by atoms with Gasteiger partial charge in [-0.15, -0.1) is 0 Å². The van der Waals surface area contributed by atoms with Crippen molar-refractivity contribution >= 4 is 17.5 Å². The maximum Gasteiger partial charge on any atom is 0.0436 e.